The number of methoxy groups -OCH3 is 2. The predicted octanol–water partition coefficient (Wildman–Crippen LogP) is 4.24. The average molecular weight is 414 g/mol. The number of benzene rings is 2. The van der Waals surface area contributed by atoms with Gasteiger partial charge in [-0.3, -0.25) is 0 Å². The highest BCUT2D eigenvalue weighted by atomic mass is 16.7. The minimum Gasteiger partial charge on any atom is -0.376 e. The molecular formula is C25H35NO4. The van der Waals surface area contributed by atoms with Crippen LogP contribution >= 0.6 is 0 Å². The summed E-state index contributed by atoms with van der Waals surface area (Å²) >= 11 is 0. The van der Waals surface area contributed by atoms with E-state index in [2.05, 4.69) is 24.3 Å². The molecule has 0 unspecified atom stereocenters. The Morgan fingerprint density at radius 1 is 0.833 bits per heavy atom. The van der Waals surface area contributed by atoms with Crippen LogP contribution in [-0.4, -0.2) is 43.9 Å². The molecule has 164 valence electrons. The smallest absolute Gasteiger partial charge is 0.162 e. The second-order valence-electron chi connectivity index (χ2n) is 8.95. The predicted molar refractivity (Wildman–Crippen MR) is 118 cm³/mol. The molecule has 0 amide bonds. The molecule has 1 heterocycles. The number of ether oxygens (including phenoxy) is 4. The molecule has 1 fully saturated rings. The van der Waals surface area contributed by atoms with Crippen molar-refractivity contribution in [3.8, 4) is 0 Å². The van der Waals surface area contributed by atoms with Gasteiger partial charge in [-0.1, -0.05) is 54.6 Å². The summed E-state index contributed by atoms with van der Waals surface area (Å²) in [5, 5.41) is 0. The van der Waals surface area contributed by atoms with Crippen LogP contribution in [0.3, 0.4) is 0 Å². The van der Waals surface area contributed by atoms with Crippen molar-refractivity contribution in [3.05, 3.63) is 71.3 Å². The summed E-state index contributed by atoms with van der Waals surface area (Å²) in [4.78, 5) is 0. The summed E-state index contributed by atoms with van der Waals surface area (Å²) in [6.45, 7) is 8.06. The molecule has 0 saturated carbocycles. The molecule has 0 bridgehead atoms. The quantitative estimate of drug-likeness (QED) is 0.701. The molecule has 5 nitrogen and oxygen atoms in total. The van der Waals surface area contributed by atoms with Gasteiger partial charge in [-0.15, -0.1) is 0 Å². The van der Waals surface area contributed by atoms with E-state index >= 15 is 0 Å². The minimum absolute atomic E-state index is 0.207. The van der Waals surface area contributed by atoms with E-state index < -0.39 is 17.5 Å². The Morgan fingerprint density at radius 2 is 1.33 bits per heavy atom. The maximum atomic E-state index is 6.61. The fourth-order valence-corrected chi connectivity index (χ4v) is 3.93. The first-order valence-corrected chi connectivity index (χ1v) is 10.5. The molecule has 30 heavy (non-hydrogen) atoms. The summed E-state index contributed by atoms with van der Waals surface area (Å²) in [5.74, 6) is 0. The van der Waals surface area contributed by atoms with Gasteiger partial charge in [0.1, 0.15) is 12.2 Å². The van der Waals surface area contributed by atoms with E-state index in [0.29, 0.717) is 6.42 Å². The van der Waals surface area contributed by atoms with Gasteiger partial charge in [0.05, 0.1) is 17.2 Å². The molecule has 2 aromatic rings. The molecule has 1 saturated heterocycles. The summed E-state index contributed by atoms with van der Waals surface area (Å²) in [6, 6.07) is 18.1. The van der Waals surface area contributed by atoms with Crippen molar-refractivity contribution in [1.82, 2.24) is 0 Å². The van der Waals surface area contributed by atoms with Gasteiger partial charge in [-0.2, -0.15) is 0 Å². The van der Waals surface area contributed by atoms with Gasteiger partial charge in [0.25, 0.3) is 0 Å². The van der Waals surface area contributed by atoms with Crippen molar-refractivity contribution >= 4 is 0 Å². The van der Waals surface area contributed by atoms with E-state index in [-0.39, 0.29) is 18.2 Å². The van der Waals surface area contributed by atoms with Crippen molar-refractivity contribution in [2.45, 2.75) is 69.9 Å². The fourth-order valence-electron chi connectivity index (χ4n) is 3.93. The summed E-state index contributed by atoms with van der Waals surface area (Å²) in [6.07, 6.45) is -0.341. The maximum Gasteiger partial charge on any atom is 0.162 e. The monoisotopic (exact) mass is 413 g/mol. The Morgan fingerprint density at radius 3 is 1.87 bits per heavy atom. The molecule has 3 rings (SSSR count). The third-order valence-corrected chi connectivity index (χ3v) is 6.23. The van der Waals surface area contributed by atoms with Crippen molar-refractivity contribution in [2.75, 3.05) is 14.2 Å². The van der Waals surface area contributed by atoms with Crippen LogP contribution in [0, 0.1) is 0 Å². The van der Waals surface area contributed by atoms with Crippen LogP contribution in [0.15, 0.2) is 54.6 Å². The maximum absolute atomic E-state index is 6.61. The van der Waals surface area contributed by atoms with Crippen LogP contribution in [0.2, 0.25) is 0 Å². The molecule has 2 aromatic carbocycles. The van der Waals surface area contributed by atoms with E-state index in [1.165, 1.54) is 0 Å². The number of rotatable bonds is 8. The minimum atomic E-state index is -0.519. The molecule has 0 spiro atoms. The standard InChI is InChI=1S/C25H35NO4/c1-24(2,27-5)22-23(25(3,4)28-6)30-20(29-22)16-18-14-10-11-15-19(18)21(26)17-12-8-7-9-13-17/h7-15,20-23H,16,26H2,1-6H3/t21-,22+,23+/m0/s1. The first-order valence-electron chi connectivity index (χ1n) is 10.5. The molecule has 1 aliphatic heterocycles. The summed E-state index contributed by atoms with van der Waals surface area (Å²) in [7, 11) is 3.39. The van der Waals surface area contributed by atoms with E-state index in [0.717, 1.165) is 16.7 Å². The molecule has 5 heteroatoms. The molecule has 0 aliphatic carbocycles. The highest BCUT2D eigenvalue weighted by Gasteiger charge is 2.52. The van der Waals surface area contributed by atoms with Gasteiger partial charge in [0, 0.05) is 20.6 Å². The van der Waals surface area contributed by atoms with Crippen molar-refractivity contribution in [2.24, 2.45) is 5.73 Å². The van der Waals surface area contributed by atoms with E-state index in [1.54, 1.807) is 14.2 Å². The topological polar surface area (TPSA) is 62.9 Å². The lowest BCUT2D eigenvalue weighted by Gasteiger charge is -2.38. The molecule has 2 N–H and O–H groups in total. The lowest BCUT2D eigenvalue weighted by Crippen LogP contribution is -2.53. The molecular weight excluding hydrogens is 378 g/mol. The highest BCUT2D eigenvalue weighted by Crippen LogP contribution is 2.38. The van der Waals surface area contributed by atoms with Gasteiger partial charge in [-0.05, 0) is 44.4 Å². The van der Waals surface area contributed by atoms with Crippen LogP contribution in [0.1, 0.15) is 50.4 Å². The first-order chi connectivity index (χ1) is 14.2. The van der Waals surface area contributed by atoms with Crippen LogP contribution in [0.4, 0.5) is 0 Å². The van der Waals surface area contributed by atoms with Gasteiger partial charge in [0.2, 0.25) is 0 Å². The highest BCUT2D eigenvalue weighted by molar-refractivity contribution is 5.37. The molecule has 0 aromatic heterocycles. The van der Waals surface area contributed by atoms with Gasteiger partial charge < -0.3 is 24.7 Å². The van der Waals surface area contributed by atoms with Gasteiger partial charge >= 0.3 is 0 Å². The normalized spacial score (nSPS) is 21.7. The Bertz CT molecular complexity index is 797. The van der Waals surface area contributed by atoms with Gasteiger partial charge in [-0.25, -0.2) is 0 Å². The summed E-state index contributed by atoms with van der Waals surface area (Å²) in [5.41, 5.74) is 8.84. The Balaban J connectivity index is 1.85. The van der Waals surface area contributed by atoms with Crippen LogP contribution in [0.5, 0.6) is 0 Å². The Hall–Kier alpha value is -1.76. The third kappa shape index (κ3) is 4.76. The van der Waals surface area contributed by atoms with Crippen molar-refractivity contribution in [1.29, 1.82) is 0 Å². The molecule has 3 atom stereocenters. The van der Waals surface area contributed by atoms with Crippen LogP contribution in [0.25, 0.3) is 0 Å². The zero-order valence-corrected chi connectivity index (χ0v) is 18.9. The molecule has 0 radical (unpaired) electrons. The Labute approximate surface area is 180 Å². The summed E-state index contributed by atoms with van der Waals surface area (Å²) < 4.78 is 24.2. The van der Waals surface area contributed by atoms with Crippen molar-refractivity contribution < 1.29 is 18.9 Å². The molecule has 1 aliphatic rings. The zero-order chi connectivity index (χ0) is 21.9. The number of hydrogen-bond acceptors (Lipinski definition) is 5. The SMILES string of the molecule is COC(C)(C)[C@@H]1OC(Cc2ccccc2[C@@H](N)c2ccccc2)O[C@H]1C(C)(C)OC. The number of nitrogens with two attached hydrogens (primary N) is 1. The van der Waals surface area contributed by atoms with Gasteiger partial charge in [0.15, 0.2) is 6.29 Å². The number of hydrogen-bond donors (Lipinski definition) is 1. The van der Waals surface area contributed by atoms with E-state index in [9.17, 15) is 0 Å². The van der Waals surface area contributed by atoms with Crippen molar-refractivity contribution in [3.63, 3.8) is 0 Å². The largest absolute Gasteiger partial charge is 0.376 e. The average Bonchev–Trinajstić information content (AvgIpc) is 3.20. The Kier molecular flexibility index (Phi) is 7.00. The van der Waals surface area contributed by atoms with E-state index in [4.69, 9.17) is 24.7 Å². The van der Waals surface area contributed by atoms with E-state index in [1.807, 2.05) is 58.0 Å². The fraction of sp³-hybridized carbons (Fsp3) is 0.520. The third-order valence-electron chi connectivity index (χ3n) is 6.23. The lowest BCUT2D eigenvalue weighted by atomic mass is 9.87. The van der Waals surface area contributed by atoms with Crippen LogP contribution in [-0.2, 0) is 25.4 Å². The first kappa shape index (κ1) is 22.9. The second-order valence-corrected chi connectivity index (χ2v) is 8.95. The lowest BCUT2D eigenvalue weighted by molar-refractivity contribution is -0.132. The zero-order valence-electron chi connectivity index (χ0n) is 18.9. The van der Waals surface area contributed by atoms with Crippen LogP contribution < -0.4 is 5.73 Å². The second kappa shape index (κ2) is 9.16.